The molecule has 0 aliphatic heterocycles. The van der Waals surface area contributed by atoms with Crippen LogP contribution in [0.5, 0.6) is 0 Å². The summed E-state index contributed by atoms with van der Waals surface area (Å²) in [5.41, 5.74) is 6.30. The summed E-state index contributed by atoms with van der Waals surface area (Å²) in [6.45, 7) is 0.436. The number of halogens is 1. The number of oxime groups is 1. The van der Waals surface area contributed by atoms with Crippen LogP contribution in [0, 0.1) is 0 Å². The van der Waals surface area contributed by atoms with Crippen LogP contribution in [0.25, 0.3) is 0 Å². The SMILES string of the molecule is CN(CC/C(N)=N/O)C(=O)Cc1ccc(Br)cc1. The Hall–Kier alpha value is -1.56. The molecule has 0 aromatic heterocycles. The molecule has 18 heavy (non-hydrogen) atoms. The monoisotopic (exact) mass is 313 g/mol. The Morgan fingerprint density at radius 3 is 2.61 bits per heavy atom. The molecule has 0 heterocycles. The average Bonchev–Trinajstić information content (AvgIpc) is 2.38. The molecule has 0 aliphatic carbocycles. The number of carbonyl (C=O) groups excluding carboxylic acids is 1. The topological polar surface area (TPSA) is 78.9 Å². The summed E-state index contributed by atoms with van der Waals surface area (Å²) in [5.74, 6) is 0.126. The number of likely N-dealkylation sites (N-methyl/N-ethyl adjacent to an activating group) is 1. The Morgan fingerprint density at radius 2 is 2.06 bits per heavy atom. The molecule has 0 fully saturated rings. The number of nitrogens with zero attached hydrogens (tertiary/aromatic N) is 2. The van der Waals surface area contributed by atoms with Gasteiger partial charge in [0.05, 0.1) is 6.42 Å². The largest absolute Gasteiger partial charge is 0.409 e. The Kier molecular flexibility index (Phi) is 5.64. The van der Waals surface area contributed by atoms with Gasteiger partial charge < -0.3 is 15.8 Å². The summed E-state index contributed by atoms with van der Waals surface area (Å²) in [6.07, 6.45) is 0.707. The molecule has 5 nitrogen and oxygen atoms in total. The van der Waals surface area contributed by atoms with E-state index < -0.39 is 0 Å². The van der Waals surface area contributed by atoms with Crippen LogP contribution in [-0.2, 0) is 11.2 Å². The minimum atomic E-state index is 0.00284. The van der Waals surface area contributed by atoms with E-state index in [1.54, 1.807) is 11.9 Å². The van der Waals surface area contributed by atoms with Crippen molar-refractivity contribution >= 4 is 27.7 Å². The van der Waals surface area contributed by atoms with E-state index in [4.69, 9.17) is 10.9 Å². The summed E-state index contributed by atoms with van der Waals surface area (Å²) in [4.78, 5) is 13.4. The van der Waals surface area contributed by atoms with Crippen molar-refractivity contribution in [2.45, 2.75) is 12.8 Å². The summed E-state index contributed by atoms with van der Waals surface area (Å²) in [5, 5.41) is 11.3. The number of nitrogens with two attached hydrogens (primary N) is 1. The molecule has 1 rings (SSSR count). The highest BCUT2D eigenvalue weighted by Gasteiger charge is 2.10. The van der Waals surface area contributed by atoms with E-state index >= 15 is 0 Å². The zero-order valence-electron chi connectivity index (χ0n) is 10.1. The van der Waals surface area contributed by atoms with E-state index in [0.717, 1.165) is 10.0 Å². The van der Waals surface area contributed by atoms with Gasteiger partial charge in [-0.25, -0.2) is 0 Å². The van der Waals surface area contributed by atoms with E-state index in [1.807, 2.05) is 24.3 Å². The third-order valence-corrected chi connectivity index (χ3v) is 3.05. The fourth-order valence-electron chi connectivity index (χ4n) is 1.37. The minimum absolute atomic E-state index is 0.00284. The molecule has 1 aromatic rings. The molecule has 0 atom stereocenters. The predicted molar refractivity (Wildman–Crippen MR) is 73.5 cm³/mol. The fraction of sp³-hybridized carbons (Fsp3) is 0.333. The van der Waals surface area contributed by atoms with Crippen LogP contribution in [0.4, 0.5) is 0 Å². The van der Waals surface area contributed by atoms with Gasteiger partial charge in [0.1, 0.15) is 5.84 Å². The first-order valence-corrected chi connectivity index (χ1v) is 6.27. The van der Waals surface area contributed by atoms with Crippen molar-refractivity contribution in [3.63, 3.8) is 0 Å². The maximum Gasteiger partial charge on any atom is 0.226 e. The predicted octanol–water partition coefficient (Wildman–Crippen LogP) is 1.59. The molecule has 0 saturated carbocycles. The number of hydrogen-bond acceptors (Lipinski definition) is 3. The second kappa shape index (κ2) is 7.00. The number of rotatable bonds is 5. The van der Waals surface area contributed by atoms with Gasteiger partial charge in [-0.1, -0.05) is 33.2 Å². The van der Waals surface area contributed by atoms with Gasteiger partial charge >= 0.3 is 0 Å². The summed E-state index contributed by atoms with van der Waals surface area (Å²) >= 11 is 3.34. The molecule has 0 spiro atoms. The van der Waals surface area contributed by atoms with Gasteiger partial charge in [0, 0.05) is 24.5 Å². The Balaban J connectivity index is 2.47. The highest BCUT2D eigenvalue weighted by Crippen LogP contribution is 2.11. The number of amides is 1. The highest BCUT2D eigenvalue weighted by molar-refractivity contribution is 9.10. The lowest BCUT2D eigenvalue weighted by atomic mass is 10.1. The maximum atomic E-state index is 11.9. The van der Waals surface area contributed by atoms with Gasteiger partial charge in [-0.05, 0) is 17.7 Å². The second-order valence-corrected chi connectivity index (χ2v) is 4.88. The molecule has 0 aliphatic rings. The highest BCUT2D eigenvalue weighted by atomic mass is 79.9. The van der Waals surface area contributed by atoms with Gasteiger partial charge in [-0.3, -0.25) is 4.79 Å². The first-order valence-electron chi connectivity index (χ1n) is 5.47. The molecule has 6 heteroatoms. The Bertz CT molecular complexity index is 431. The van der Waals surface area contributed by atoms with Gasteiger partial charge in [-0.2, -0.15) is 0 Å². The van der Waals surface area contributed by atoms with Crippen molar-refractivity contribution in [1.82, 2.24) is 4.90 Å². The molecule has 1 aromatic carbocycles. The zero-order valence-corrected chi connectivity index (χ0v) is 11.7. The molecular weight excluding hydrogens is 298 g/mol. The summed E-state index contributed by atoms with van der Waals surface area (Å²) in [6, 6.07) is 7.61. The second-order valence-electron chi connectivity index (χ2n) is 3.96. The third-order valence-electron chi connectivity index (χ3n) is 2.53. The van der Waals surface area contributed by atoms with E-state index in [9.17, 15) is 4.79 Å². The smallest absolute Gasteiger partial charge is 0.226 e. The third kappa shape index (κ3) is 4.75. The first-order chi connectivity index (χ1) is 8.52. The molecule has 3 N–H and O–H groups in total. The van der Waals surface area contributed by atoms with Crippen molar-refractivity contribution in [1.29, 1.82) is 0 Å². The van der Waals surface area contributed by atoms with E-state index in [-0.39, 0.29) is 11.7 Å². The molecule has 0 saturated heterocycles. The van der Waals surface area contributed by atoms with E-state index in [2.05, 4.69) is 21.1 Å². The number of amidine groups is 1. The van der Waals surface area contributed by atoms with Gasteiger partial charge in [-0.15, -0.1) is 0 Å². The number of hydrogen-bond donors (Lipinski definition) is 2. The molecule has 0 bridgehead atoms. The molecule has 0 unspecified atom stereocenters. The van der Waals surface area contributed by atoms with Crippen LogP contribution in [0.3, 0.4) is 0 Å². The van der Waals surface area contributed by atoms with E-state index in [0.29, 0.717) is 19.4 Å². The zero-order chi connectivity index (χ0) is 13.5. The van der Waals surface area contributed by atoms with Gasteiger partial charge in [0.2, 0.25) is 5.91 Å². The van der Waals surface area contributed by atoms with E-state index in [1.165, 1.54) is 0 Å². The maximum absolute atomic E-state index is 11.9. The quantitative estimate of drug-likeness (QED) is 0.375. The fourth-order valence-corrected chi connectivity index (χ4v) is 1.63. The van der Waals surface area contributed by atoms with Crippen LogP contribution in [0.1, 0.15) is 12.0 Å². The van der Waals surface area contributed by atoms with Crippen molar-refractivity contribution in [3.05, 3.63) is 34.3 Å². The Morgan fingerprint density at radius 1 is 1.44 bits per heavy atom. The van der Waals surface area contributed by atoms with Crippen LogP contribution in [-0.4, -0.2) is 35.4 Å². The van der Waals surface area contributed by atoms with Crippen molar-refractivity contribution in [3.8, 4) is 0 Å². The average molecular weight is 314 g/mol. The summed E-state index contributed by atoms with van der Waals surface area (Å²) in [7, 11) is 1.70. The number of benzene rings is 1. The van der Waals surface area contributed by atoms with Crippen molar-refractivity contribution in [2.24, 2.45) is 10.9 Å². The van der Waals surface area contributed by atoms with Gasteiger partial charge in [0.15, 0.2) is 0 Å². The van der Waals surface area contributed by atoms with Gasteiger partial charge in [0.25, 0.3) is 0 Å². The summed E-state index contributed by atoms with van der Waals surface area (Å²) < 4.78 is 0.985. The number of carbonyl (C=O) groups is 1. The molecule has 1 amide bonds. The molecule has 0 radical (unpaired) electrons. The molecular formula is C12H16BrN3O2. The van der Waals surface area contributed by atoms with Crippen LogP contribution in [0.15, 0.2) is 33.9 Å². The van der Waals surface area contributed by atoms with Crippen molar-refractivity contribution in [2.75, 3.05) is 13.6 Å². The van der Waals surface area contributed by atoms with Crippen molar-refractivity contribution < 1.29 is 10.0 Å². The normalized spacial score (nSPS) is 11.3. The molecule has 98 valence electrons. The van der Waals surface area contributed by atoms with Crippen LogP contribution in [0.2, 0.25) is 0 Å². The first kappa shape index (κ1) is 14.5. The lowest BCUT2D eigenvalue weighted by Gasteiger charge is -2.16. The van der Waals surface area contributed by atoms with Crippen LogP contribution >= 0.6 is 15.9 Å². The minimum Gasteiger partial charge on any atom is -0.409 e. The Labute approximate surface area is 114 Å². The standard InChI is InChI=1S/C12H16BrN3O2/c1-16(7-6-11(14)15-18)12(17)8-9-2-4-10(13)5-3-9/h2-5,18H,6-8H2,1H3,(H2,14,15). The lowest BCUT2D eigenvalue weighted by molar-refractivity contribution is -0.129. The van der Waals surface area contributed by atoms with Crippen LogP contribution < -0.4 is 5.73 Å². The lowest BCUT2D eigenvalue weighted by Crippen LogP contribution is -2.31.